The van der Waals surface area contributed by atoms with Crippen LogP contribution in [0.1, 0.15) is 62.8 Å². The molecule has 2 unspecified atom stereocenters. The van der Waals surface area contributed by atoms with Gasteiger partial charge in [0.1, 0.15) is 17.8 Å². The van der Waals surface area contributed by atoms with Crippen molar-refractivity contribution >= 4 is 11.8 Å². The van der Waals surface area contributed by atoms with Crippen molar-refractivity contribution in [2.24, 2.45) is 5.92 Å². The number of aromatic hydroxyl groups is 1. The number of hydrogen-bond donors (Lipinski definition) is 2. The number of phenols is 1. The van der Waals surface area contributed by atoms with E-state index in [0.717, 1.165) is 49.8 Å². The predicted octanol–water partition coefficient (Wildman–Crippen LogP) is 4.09. The maximum atomic E-state index is 13.2. The minimum absolute atomic E-state index is 0.0590. The summed E-state index contributed by atoms with van der Waals surface area (Å²) < 4.78 is 5.86. The zero-order valence-corrected chi connectivity index (χ0v) is 16.1. The summed E-state index contributed by atoms with van der Waals surface area (Å²) in [5.74, 6) is -1.30. The molecule has 2 atom stereocenters. The number of ether oxygens (including phenoxy) is 1. The fraction of sp³-hybridized carbons (Fsp3) is 0.478. The van der Waals surface area contributed by atoms with E-state index in [2.05, 4.69) is 11.9 Å². The molecule has 2 aliphatic carbocycles. The molecule has 0 radical (unpaired) electrons. The minimum atomic E-state index is -0.676. The van der Waals surface area contributed by atoms with Crippen LogP contribution in [-0.2, 0) is 14.3 Å². The molecular formula is C23H27NO4. The van der Waals surface area contributed by atoms with Crippen LogP contribution in [0.4, 0.5) is 0 Å². The van der Waals surface area contributed by atoms with Crippen LogP contribution in [0.15, 0.2) is 47.8 Å². The highest BCUT2D eigenvalue weighted by atomic mass is 16.5. The predicted molar refractivity (Wildman–Crippen MR) is 105 cm³/mol. The number of hydrogen-bond acceptors (Lipinski definition) is 5. The fourth-order valence-electron chi connectivity index (χ4n) is 4.77. The summed E-state index contributed by atoms with van der Waals surface area (Å²) in [5, 5.41) is 13.2. The van der Waals surface area contributed by atoms with E-state index in [9.17, 15) is 14.7 Å². The van der Waals surface area contributed by atoms with Crippen molar-refractivity contribution in [1.29, 1.82) is 0 Å². The Balaban J connectivity index is 1.72. The van der Waals surface area contributed by atoms with Gasteiger partial charge < -0.3 is 15.2 Å². The van der Waals surface area contributed by atoms with Gasteiger partial charge >= 0.3 is 5.97 Å². The van der Waals surface area contributed by atoms with Crippen LogP contribution in [0.25, 0.3) is 0 Å². The highest BCUT2D eigenvalue weighted by Crippen LogP contribution is 2.45. The van der Waals surface area contributed by atoms with Gasteiger partial charge in [0, 0.05) is 29.3 Å². The van der Waals surface area contributed by atoms with E-state index >= 15 is 0 Å². The summed E-state index contributed by atoms with van der Waals surface area (Å²) >= 11 is 0. The van der Waals surface area contributed by atoms with Crippen molar-refractivity contribution in [3.8, 4) is 5.75 Å². The maximum Gasteiger partial charge on any atom is 0.316 e. The van der Waals surface area contributed by atoms with Crippen LogP contribution in [0.5, 0.6) is 5.75 Å². The molecule has 1 aromatic rings. The molecule has 1 fully saturated rings. The number of benzene rings is 1. The largest absolute Gasteiger partial charge is 0.508 e. The number of carbonyl (C=O) groups excluding carboxylic acids is 2. The molecule has 148 valence electrons. The van der Waals surface area contributed by atoms with Gasteiger partial charge in [0.15, 0.2) is 5.78 Å². The molecular weight excluding hydrogens is 354 g/mol. The normalized spacial score (nSPS) is 25.9. The molecule has 28 heavy (non-hydrogen) atoms. The molecule has 2 N–H and O–H groups in total. The van der Waals surface area contributed by atoms with Gasteiger partial charge in [-0.15, -0.1) is 0 Å². The first-order valence-electron chi connectivity index (χ1n) is 10.3. The fourth-order valence-corrected chi connectivity index (χ4v) is 4.77. The van der Waals surface area contributed by atoms with E-state index in [1.165, 1.54) is 6.42 Å². The smallest absolute Gasteiger partial charge is 0.316 e. The van der Waals surface area contributed by atoms with Gasteiger partial charge in [0.2, 0.25) is 0 Å². The summed E-state index contributed by atoms with van der Waals surface area (Å²) in [6.45, 7) is 4.10. The van der Waals surface area contributed by atoms with Gasteiger partial charge in [-0.25, -0.2) is 0 Å². The van der Waals surface area contributed by atoms with Crippen molar-refractivity contribution in [3.63, 3.8) is 0 Å². The molecule has 5 nitrogen and oxygen atoms in total. The number of nitrogens with one attached hydrogen (secondary N) is 1. The third-order valence-electron chi connectivity index (χ3n) is 6.11. The van der Waals surface area contributed by atoms with E-state index in [4.69, 9.17) is 4.74 Å². The van der Waals surface area contributed by atoms with Gasteiger partial charge in [0.05, 0.1) is 0 Å². The van der Waals surface area contributed by atoms with E-state index < -0.39 is 11.8 Å². The van der Waals surface area contributed by atoms with Crippen LogP contribution in [0.2, 0.25) is 0 Å². The van der Waals surface area contributed by atoms with Crippen LogP contribution >= 0.6 is 0 Å². The highest BCUT2D eigenvalue weighted by Gasteiger charge is 2.44. The molecule has 1 saturated carbocycles. The number of esters is 1. The Hall–Kier alpha value is -2.56. The second-order valence-electron chi connectivity index (χ2n) is 8.07. The average molecular weight is 381 g/mol. The number of carbonyl (C=O) groups is 2. The van der Waals surface area contributed by atoms with E-state index in [1.807, 2.05) is 6.07 Å². The molecule has 1 heterocycles. The third kappa shape index (κ3) is 3.58. The number of allylic oxidation sites excluding steroid dienone is 2. The molecule has 4 rings (SSSR count). The van der Waals surface area contributed by atoms with E-state index in [1.54, 1.807) is 18.2 Å². The molecule has 1 aromatic carbocycles. The Bertz CT molecular complexity index is 835. The minimum Gasteiger partial charge on any atom is -0.508 e. The summed E-state index contributed by atoms with van der Waals surface area (Å²) in [7, 11) is 0. The molecule has 0 bridgehead atoms. The topological polar surface area (TPSA) is 75.6 Å². The lowest BCUT2D eigenvalue weighted by molar-refractivity contribution is -0.155. The maximum absolute atomic E-state index is 13.2. The lowest BCUT2D eigenvalue weighted by Crippen LogP contribution is -2.42. The highest BCUT2D eigenvalue weighted by molar-refractivity contribution is 6.00. The second kappa shape index (κ2) is 7.82. The quantitative estimate of drug-likeness (QED) is 0.771. The number of phenolic OH excluding ortho intramolecular Hbond substituents is 1. The third-order valence-corrected chi connectivity index (χ3v) is 6.11. The van der Waals surface area contributed by atoms with E-state index in [0.29, 0.717) is 17.7 Å². The van der Waals surface area contributed by atoms with Gasteiger partial charge in [0.25, 0.3) is 0 Å². The van der Waals surface area contributed by atoms with Crippen LogP contribution in [0.3, 0.4) is 0 Å². The van der Waals surface area contributed by atoms with Crippen LogP contribution in [0, 0.1) is 5.92 Å². The molecule has 0 spiro atoms. The Morgan fingerprint density at radius 1 is 1.14 bits per heavy atom. The summed E-state index contributed by atoms with van der Waals surface area (Å²) in [5.41, 5.74) is 2.82. The van der Waals surface area contributed by atoms with Gasteiger partial charge in [-0.05, 0) is 56.2 Å². The summed E-state index contributed by atoms with van der Waals surface area (Å²) in [4.78, 5) is 26.0. The average Bonchev–Trinajstić information content (AvgIpc) is 2.68. The van der Waals surface area contributed by atoms with Gasteiger partial charge in [-0.2, -0.15) is 0 Å². The van der Waals surface area contributed by atoms with Crippen molar-refractivity contribution in [1.82, 2.24) is 5.32 Å². The van der Waals surface area contributed by atoms with Crippen molar-refractivity contribution in [2.75, 3.05) is 0 Å². The van der Waals surface area contributed by atoms with Gasteiger partial charge in [-0.1, -0.05) is 25.1 Å². The Labute approximate surface area is 165 Å². The lowest BCUT2D eigenvalue weighted by Gasteiger charge is -2.39. The molecule has 0 amide bonds. The Morgan fingerprint density at radius 3 is 2.68 bits per heavy atom. The van der Waals surface area contributed by atoms with E-state index in [-0.39, 0.29) is 23.6 Å². The molecule has 5 heteroatoms. The Kier molecular flexibility index (Phi) is 5.25. The zero-order valence-electron chi connectivity index (χ0n) is 16.1. The number of rotatable bonds is 3. The van der Waals surface area contributed by atoms with Crippen LogP contribution in [-0.4, -0.2) is 23.0 Å². The SMILES string of the molecule is C=C1NC2=C(C(=O)CCC2)C(c2cccc(O)c2)C1C(=O)OC1CCCCC1. The van der Waals surface area contributed by atoms with Crippen molar-refractivity contribution < 1.29 is 19.4 Å². The molecule has 0 saturated heterocycles. The first kappa shape index (κ1) is 18.8. The number of ketones is 1. The lowest BCUT2D eigenvalue weighted by atomic mass is 9.71. The standard InChI is InChI=1S/C23H27NO4/c1-14-20(23(27)28-17-9-3-2-4-10-17)21(15-7-5-8-16(25)13-15)22-18(24-14)11-6-12-19(22)26/h5,7-8,13,17,20-21,24-25H,1-4,6,9-12H2. The second-order valence-corrected chi connectivity index (χ2v) is 8.07. The molecule has 0 aromatic heterocycles. The van der Waals surface area contributed by atoms with Crippen LogP contribution < -0.4 is 5.32 Å². The molecule has 3 aliphatic rings. The Morgan fingerprint density at radius 2 is 1.93 bits per heavy atom. The zero-order chi connectivity index (χ0) is 19.7. The van der Waals surface area contributed by atoms with Gasteiger partial charge in [-0.3, -0.25) is 9.59 Å². The first-order valence-corrected chi connectivity index (χ1v) is 10.3. The van der Waals surface area contributed by atoms with Crippen molar-refractivity contribution in [2.45, 2.75) is 63.4 Å². The number of Topliss-reactive ketones (excluding diaryl/α,β-unsaturated/α-hetero) is 1. The summed E-state index contributed by atoms with van der Waals surface area (Å²) in [6, 6.07) is 6.83. The van der Waals surface area contributed by atoms with Crippen molar-refractivity contribution in [3.05, 3.63) is 53.4 Å². The molecule has 1 aliphatic heterocycles. The first-order chi connectivity index (χ1) is 13.5. The summed E-state index contributed by atoms with van der Waals surface area (Å²) in [6.07, 6.45) is 7.09. The monoisotopic (exact) mass is 381 g/mol.